The first-order valence-electron chi connectivity index (χ1n) is 5.81. The van der Waals surface area contributed by atoms with Crippen molar-refractivity contribution in [2.24, 2.45) is 0 Å². The second-order valence-electron chi connectivity index (χ2n) is 4.22. The van der Waals surface area contributed by atoms with Crippen LogP contribution in [0.5, 0.6) is 0 Å². The third-order valence-electron chi connectivity index (χ3n) is 2.55. The first-order chi connectivity index (χ1) is 7.29. The van der Waals surface area contributed by atoms with Gasteiger partial charge >= 0.3 is 0 Å². The minimum absolute atomic E-state index is 0.855. The van der Waals surface area contributed by atoms with Gasteiger partial charge in [0.2, 0.25) is 0 Å². The van der Waals surface area contributed by atoms with Crippen LogP contribution in [0.4, 0.5) is 0 Å². The van der Waals surface area contributed by atoms with Crippen molar-refractivity contribution in [3.05, 3.63) is 0 Å². The summed E-state index contributed by atoms with van der Waals surface area (Å²) in [6, 6.07) is 0. The molecule has 1 aliphatic rings. The molecule has 0 aromatic heterocycles. The lowest BCUT2D eigenvalue weighted by Gasteiger charge is -2.26. The third kappa shape index (κ3) is 6.84. The van der Waals surface area contributed by atoms with Crippen molar-refractivity contribution < 1.29 is 9.47 Å². The van der Waals surface area contributed by atoms with Gasteiger partial charge in [-0.3, -0.25) is 4.90 Å². The van der Waals surface area contributed by atoms with Gasteiger partial charge in [0.25, 0.3) is 0 Å². The summed E-state index contributed by atoms with van der Waals surface area (Å²) in [7, 11) is 4.18. The van der Waals surface area contributed by atoms with E-state index in [2.05, 4.69) is 23.9 Å². The summed E-state index contributed by atoms with van der Waals surface area (Å²) in [5.41, 5.74) is 0. The Balaban J connectivity index is 1.83. The molecule has 0 amide bonds. The molecule has 1 aliphatic heterocycles. The molecule has 4 heteroatoms. The monoisotopic (exact) mass is 216 g/mol. The molecule has 1 rings (SSSR count). The van der Waals surface area contributed by atoms with Crippen LogP contribution in [-0.2, 0) is 9.47 Å². The fourth-order valence-corrected chi connectivity index (χ4v) is 1.60. The maximum Gasteiger partial charge on any atom is 0.0594 e. The summed E-state index contributed by atoms with van der Waals surface area (Å²) in [4.78, 5) is 4.58. The summed E-state index contributed by atoms with van der Waals surface area (Å²) in [6.07, 6.45) is 1.12. The summed E-state index contributed by atoms with van der Waals surface area (Å²) >= 11 is 0. The highest BCUT2D eigenvalue weighted by Crippen LogP contribution is 1.96. The Hall–Kier alpha value is -0.160. The molecule has 0 atom stereocenters. The Morgan fingerprint density at radius 3 is 2.60 bits per heavy atom. The van der Waals surface area contributed by atoms with Crippen molar-refractivity contribution in [2.45, 2.75) is 6.42 Å². The van der Waals surface area contributed by atoms with Crippen LogP contribution in [0.2, 0.25) is 0 Å². The van der Waals surface area contributed by atoms with Crippen molar-refractivity contribution >= 4 is 0 Å². The lowest BCUT2D eigenvalue weighted by molar-refractivity contribution is 0.0198. The molecule has 1 saturated heterocycles. The Bertz CT molecular complexity index is 148. The van der Waals surface area contributed by atoms with E-state index in [1.54, 1.807) is 0 Å². The average Bonchev–Trinajstić information content (AvgIpc) is 2.24. The van der Waals surface area contributed by atoms with Gasteiger partial charge in [-0.05, 0) is 27.1 Å². The minimum Gasteiger partial charge on any atom is -0.380 e. The van der Waals surface area contributed by atoms with E-state index in [0.29, 0.717) is 0 Å². The van der Waals surface area contributed by atoms with E-state index < -0.39 is 0 Å². The van der Waals surface area contributed by atoms with E-state index in [-0.39, 0.29) is 0 Å². The molecule has 0 N–H and O–H groups in total. The van der Waals surface area contributed by atoms with Crippen molar-refractivity contribution in [2.75, 3.05) is 66.7 Å². The number of rotatable bonds is 7. The Morgan fingerprint density at radius 1 is 1.20 bits per heavy atom. The van der Waals surface area contributed by atoms with Crippen molar-refractivity contribution in [3.8, 4) is 0 Å². The van der Waals surface area contributed by atoms with Crippen LogP contribution < -0.4 is 0 Å². The van der Waals surface area contributed by atoms with Crippen LogP contribution in [0.25, 0.3) is 0 Å². The molecule has 90 valence electrons. The number of nitrogens with zero attached hydrogens (tertiary/aromatic N) is 2. The van der Waals surface area contributed by atoms with Crippen molar-refractivity contribution in [3.63, 3.8) is 0 Å². The summed E-state index contributed by atoms with van der Waals surface area (Å²) < 4.78 is 10.9. The number of morpholine rings is 1. The van der Waals surface area contributed by atoms with Gasteiger partial charge in [0.15, 0.2) is 0 Å². The van der Waals surface area contributed by atoms with E-state index in [0.717, 1.165) is 59.0 Å². The maximum absolute atomic E-state index is 5.58. The van der Waals surface area contributed by atoms with Gasteiger partial charge in [-0.15, -0.1) is 0 Å². The predicted octanol–water partition coefficient (Wildman–Crippen LogP) is 0.287. The molecule has 1 heterocycles. The zero-order chi connectivity index (χ0) is 10.9. The highest BCUT2D eigenvalue weighted by atomic mass is 16.5. The van der Waals surface area contributed by atoms with E-state index in [9.17, 15) is 0 Å². The van der Waals surface area contributed by atoms with Gasteiger partial charge in [-0.25, -0.2) is 0 Å². The summed E-state index contributed by atoms with van der Waals surface area (Å²) in [5.74, 6) is 0. The maximum atomic E-state index is 5.58. The van der Waals surface area contributed by atoms with Gasteiger partial charge in [0.05, 0.1) is 19.8 Å². The molecule has 0 aromatic carbocycles. The van der Waals surface area contributed by atoms with Crippen LogP contribution in [-0.4, -0.2) is 76.5 Å². The lowest BCUT2D eigenvalue weighted by atomic mass is 10.4. The quantitative estimate of drug-likeness (QED) is 0.571. The number of hydrogen-bond donors (Lipinski definition) is 0. The topological polar surface area (TPSA) is 24.9 Å². The standard InChI is InChI=1S/C11H24N2O2/c1-12(2)4-3-8-14-9-5-13-6-10-15-11-7-13/h3-11H2,1-2H3. The summed E-state index contributed by atoms with van der Waals surface area (Å²) in [6.45, 7) is 7.75. The van der Waals surface area contributed by atoms with E-state index in [1.807, 2.05) is 0 Å². The molecule has 1 fully saturated rings. The third-order valence-corrected chi connectivity index (χ3v) is 2.55. The molecule has 0 unspecified atom stereocenters. The van der Waals surface area contributed by atoms with E-state index in [4.69, 9.17) is 9.47 Å². The molecule has 4 nitrogen and oxygen atoms in total. The molecule has 0 aliphatic carbocycles. The first kappa shape index (κ1) is 12.9. The number of ether oxygens (including phenoxy) is 2. The van der Waals surface area contributed by atoms with Crippen LogP contribution in [0, 0.1) is 0 Å². The lowest BCUT2D eigenvalue weighted by Crippen LogP contribution is -2.38. The fourth-order valence-electron chi connectivity index (χ4n) is 1.60. The fraction of sp³-hybridized carbons (Fsp3) is 1.00. The van der Waals surface area contributed by atoms with Crippen LogP contribution in [0.3, 0.4) is 0 Å². The zero-order valence-electron chi connectivity index (χ0n) is 10.1. The normalized spacial score (nSPS) is 18.6. The highest BCUT2D eigenvalue weighted by Gasteiger charge is 2.08. The molecule has 0 saturated carbocycles. The van der Waals surface area contributed by atoms with Crippen LogP contribution in [0.15, 0.2) is 0 Å². The molecule has 0 bridgehead atoms. The zero-order valence-corrected chi connectivity index (χ0v) is 10.1. The predicted molar refractivity (Wildman–Crippen MR) is 61.2 cm³/mol. The van der Waals surface area contributed by atoms with Crippen LogP contribution in [0.1, 0.15) is 6.42 Å². The van der Waals surface area contributed by atoms with Crippen molar-refractivity contribution in [1.82, 2.24) is 9.80 Å². The SMILES string of the molecule is CN(C)CCCOCCN1CCOCC1. The molecule has 0 radical (unpaired) electrons. The van der Waals surface area contributed by atoms with Crippen LogP contribution >= 0.6 is 0 Å². The van der Waals surface area contributed by atoms with Gasteiger partial charge in [0.1, 0.15) is 0 Å². The number of hydrogen-bond acceptors (Lipinski definition) is 4. The van der Waals surface area contributed by atoms with Gasteiger partial charge in [-0.1, -0.05) is 0 Å². The van der Waals surface area contributed by atoms with Crippen molar-refractivity contribution in [1.29, 1.82) is 0 Å². The molecule has 0 aromatic rings. The molecule has 0 spiro atoms. The highest BCUT2D eigenvalue weighted by molar-refractivity contribution is 4.60. The molecular formula is C11H24N2O2. The second-order valence-corrected chi connectivity index (χ2v) is 4.22. The molecular weight excluding hydrogens is 192 g/mol. The van der Waals surface area contributed by atoms with Gasteiger partial charge in [0, 0.05) is 26.2 Å². The Labute approximate surface area is 93.1 Å². The molecule has 15 heavy (non-hydrogen) atoms. The van der Waals surface area contributed by atoms with Gasteiger partial charge < -0.3 is 14.4 Å². The summed E-state index contributed by atoms with van der Waals surface area (Å²) in [5, 5.41) is 0. The smallest absolute Gasteiger partial charge is 0.0594 e. The Morgan fingerprint density at radius 2 is 1.93 bits per heavy atom. The average molecular weight is 216 g/mol. The first-order valence-corrected chi connectivity index (χ1v) is 5.81. The Kier molecular flexibility index (Phi) is 6.92. The minimum atomic E-state index is 0.855. The van der Waals surface area contributed by atoms with E-state index >= 15 is 0 Å². The van der Waals surface area contributed by atoms with E-state index in [1.165, 1.54) is 0 Å². The van der Waals surface area contributed by atoms with Gasteiger partial charge in [-0.2, -0.15) is 0 Å². The second kappa shape index (κ2) is 8.05. The largest absolute Gasteiger partial charge is 0.380 e.